The van der Waals surface area contributed by atoms with Crippen LogP contribution in [0.4, 0.5) is 11.4 Å². The average Bonchev–Trinajstić information content (AvgIpc) is 3.24. The Morgan fingerprint density at radius 3 is 2.67 bits per heavy atom. The minimum Gasteiger partial charge on any atom is -0.324 e. The van der Waals surface area contributed by atoms with Crippen LogP contribution >= 0.6 is 11.8 Å². The van der Waals surface area contributed by atoms with Crippen molar-refractivity contribution in [3.63, 3.8) is 0 Å². The second kappa shape index (κ2) is 7.25. The van der Waals surface area contributed by atoms with Gasteiger partial charge in [0.1, 0.15) is 6.04 Å². The molecule has 3 rings (SSSR count). The molecule has 0 aromatic heterocycles. The van der Waals surface area contributed by atoms with Gasteiger partial charge in [0.05, 0.1) is 5.88 Å². The molecule has 0 aliphatic carbocycles. The van der Waals surface area contributed by atoms with E-state index in [0.717, 1.165) is 18.7 Å². The van der Waals surface area contributed by atoms with Crippen LogP contribution in [0.2, 0.25) is 0 Å². The molecule has 2 aliphatic rings. The zero-order chi connectivity index (χ0) is 17.1. The normalized spacial score (nSPS) is 20.5. The molecule has 24 heavy (non-hydrogen) atoms. The summed E-state index contributed by atoms with van der Waals surface area (Å²) in [6.45, 7) is 2.55. The first-order valence-corrected chi connectivity index (χ1v) is 9.34. The third-order valence-electron chi connectivity index (χ3n) is 4.33. The summed E-state index contributed by atoms with van der Waals surface area (Å²) >= 11 is 1.59. The van der Waals surface area contributed by atoms with Gasteiger partial charge in [-0.15, -0.1) is 11.8 Å². The predicted octanol–water partition coefficient (Wildman–Crippen LogP) is 2.06. The lowest BCUT2D eigenvalue weighted by Crippen LogP contribution is -2.44. The summed E-state index contributed by atoms with van der Waals surface area (Å²) in [6, 6.07) is 6.87. The zero-order valence-electron chi connectivity index (χ0n) is 13.7. The molecule has 2 aliphatic heterocycles. The van der Waals surface area contributed by atoms with E-state index < -0.39 is 6.04 Å². The molecular weight excluding hydrogens is 326 g/mol. The first kappa shape index (κ1) is 16.8. The van der Waals surface area contributed by atoms with Crippen LogP contribution in [0, 0.1) is 0 Å². The first-order valence-electron chi connectivity index (χ1n) is 8.18. The molecule has 2 heterocycles. The Balaban J connectivity index is 1.64. The van der Waals surface area contributed by atoms with E-state index in [9.17, 15) is 14.4 Å². The molecule has 3 amide bonds. The number of rotatable bonds is 4. The Bertz CT molecular complexity index is 647. The lowest BCUT2D eigenvalue weighted by Gasteiger charge is -2.22. The molecule has 2 saturated heterocycles. The molecule has 2 fully saturated rings. The van der Waals surface area contributed by atoms with Crippen molar-refractivity contribution in [2.24, 2.45) is 0 Å². The van der Waals surface area contributed by atoms with Crippen LogP contribution < -0.4 is 10.2 Å². The fraction of sp³-hybridized carbons (Fsp3) is 0.471. The SMILES string of the molecule is CCC(=O)N1CSC[C@H]1C(=O)Nc1ccc(N2CCCC2=O)cc1. The Hall–Kier alpha value is -2.02. The van der Waals surface area contributed by atoms with E-state index in [4.69, 9.17) is 0 Å². The van der Waals surface area contributed by atoms with Crippen molar-refractivity contribution < 1.29 is 14.4 Å². The minimum atomic E-state index is -0.415. The third-order valence-corrected chi connectivity index (χ3v) is 5.34. The standard InChI is InChI=1S/C17H21N3O3S/c1-2-15(21)20-11-24-10-14(20)17(23)18-12-5-7-13(8-6-12)19-9-3-4-16(19)22/h5-8,14H,2-4,9-11H2,1H3,(H,18,23)/t14-/m0/s1. The predicted molar refractivity (Wildman–Crippen MR) is 94.9 cm³/mol. The van der Waals surface area contributed by atoms with Gasteiger partial charge in [-0.25, -0.2) is 0 Å². The number of carbonyl (C=O) groups is 3. The van der Waals surface area contributed by atoms with Gasteiger partial charge in [0, 0.05) is 36.5 Å². The molecule has 6 nitrogen and oxygen atoms in total. The molecule has 1 N–H and O–H groups in total. The summed E-state index contributed by atoms with van der Waals surface area (Å²) in [6.07, 6.45) is 1.89. The number of hydrogen-bond donors (Lipinski definition) is 1. The Morgan fingerprint density at radius 1 is 1.29 bits per heavy atom. The molecule has 0 radical (unpaired) electrons. The lowest BCUT2D eigenvalue weighted by atomic mass is 10.2. The smallest absolute Gasteiger partial charge is 0.248 e. The van der Waals surface area contributed by atoms with E-state index in [1.54, 1.807) is 40.6 Å². The van der Waals surface area contributed by atoms with Crippen LogP contribution in [0.15, 0.2) is 24.3 Å². The molecule has 1 aromatic carbocycles. The highest BCUT2D eigenvalue weighted by atomic mass is 32.2. The van der Waals surface area contributed by atoms with Crippen LogP contribution in [-0.4, -0.2) is 46.8 Å². The van der Waals surface area contributed by atoms with Gasteiger partial charge >= 0.3 is 0 Å². The van der Waals surface area contributed by atoms with Crippen LogP contribution in [0.3, 0.4) is 0 Å². The van der Waals surface area contributed by atoms with Gasteiger partial charge in [-0.05, 0) is 30.7 Å². The number of thioether (sulfide) groups is 1. The number of nitrogens with zero attached hydrogens (tertiary/aromatic N) is 2. The number of nitrogens with one attached hydrogen (secondary N) is 1. The summed E-state index contributed by atoms with van der Waals surface area (Å²) in [7, 11) is 0. The molecule has 0 spiro atoms. The highest BCUT2D eigenvalue weighted by Gasteiger charge is 2.33. The molecular formula is C17H21N3O3S. The highest BCUT2D eigenvalue weighted by molar-refractivity contribution is 7.99. The van der Waals surface area contributed by atoms with Crippen molar-refractivity contribution in [3.8, 4) is 0 Å². The summed E-state index contributed by atoms with van der Waals surface area (Å²) in [5, 5.41) is 2.87. The summed E-state index contributed by atoms with van der Waals surface area (Å²) in [5.41, 5.74) is 1.53. The van der Waals surface area contributed by atoms with Crippen molar-refractivity contribution >= 4 is 40.9 Å². The first-order chi connectivity index (χ1) is 11.6. The summed E-state index contributed by atoms with van der Waals surface area (Å²) in [5.74, 6) is 1.18. The number of anilines is 2. The Kier molecular flexibility index (Phi) is 5.08. The van der Waals surface area contributed by atoms with Crippen molar-refractivity contribution in [3.05, 3.63) is 24.3 Å². The van der Waals surface area contributed by atoms with Crippen molar-refractivity contribution in [2.45, 2.75) is 32.2 Å². The van der Waals surface area contributed by atoms with E-state index in [-0.39, 0.29) is 17.7 Å². The number of benzene rings is 1. The summed E-state index contributed by atoms with van der Waals surface area (Å²) in [4.78, 5) is 39.5. The highest BCUT2D eigenvalue weighted by Crippen LogP contribution is 2.25. The van der Waals surface area contributed by atoms with Crippen molar-refractivity contribution in [2.75, 3.05) is 28.4 Å². The van der Waals surface area contributed by atoms with Gasteiger partial charge in [-0.3, -0.25) is 14.4 Å². The maximum Gasteiger partial charge on any atom is 0.248 e. The van der Waals surface area contributed by atoms with Crippen molar-refractivity contribution in [1.29, 1.82) is 0 Å². The van der Waals surface area contributed by atoms with E-state index in [2.05, 4.69) is 5.32 Å². The van der Waals surface area contributed by atoms with E-state index in [0.29, 0.717) is 30.2 Å². The maximum atomic E-state index is 12.5. The van der Waals surface area contributed by atoms with Crippen LogP contribution in [0.5, 0.6) is 0 Å². The quantitative estimate of drug-likeness (QED) is 0.905. The molecule has 7 heteroatoms. The number of hydrogen-bond acceptors (Lipinski definition) is 4. The van der Waals surface area contributed by atoms with E-state index in [1.807, 2.05) is 12.1 Å². The maximum absolute atomic E-state index is 12.5. The van der Waals surface area contributed by atoms with Crippen LogP contribution in [0.1, 0.15) is 26.2 Å². The van der Waals surface area contributed by atoms with Crippen LogP contribution in [0.25, 0.3) is 0 Å². The Labute approximate surface area is 145 Å². The zero-order valence-corrected chi connectivity index (χ0v) is 14.5. The number of amides is 3. The third kappa shape index (κ3) is 3.40. The van der Waals surface area contributed by atoms with Gasteiger partial charge in [-0.1, -0.05) is 6.92 Å². The van der Waals surface area contributed by atoms with Gasteiger partial charge < -0.3 is 15.1 Å². The largest absolute Gasteiger partial charge is 0.324 e. The molecule has 128 valence electrons. The molecule has 0 bridgehead atoms. The monoisotopic (exact) mass is 347 g/mol. The molecule has 0 saturated carbocycles. The minimum absolute atomic E-state index is 0.00282. The number of carbonyl (C=O) groups excluding carboxylic acids is 3. The van der Waals surface area contributed by atoms with Crippen molar-refractivity contribution in [1.82, 2.24) is 4.90 Å². The topological polar surface area (TPSA) is 69.7 Å². The second-order valence-electron chi connectivity index (χ2n) is 5.92. The summed E-state index contributed by atoms with van der Waals surface area (Å²) < 4.78 is 0. The van der Waals surface area contributed by atoms with Crippen LogP contribution in [-0.2, 0) is 14.4 Å². The van der Waals surface area contributed by atoms with Gasteiger partial charge in [0.25, 0.3) is 0 Å². The van der Waals surface area contributed by atoms with Gasteiger partial charge in [0.2, 0.25) is 17.7 Å². The molecule has 1 atom stereocenters. The fourth-order valence-corrected chi connectivity index (χ4v) is 4.16. The average molecular weight is 347 g/mol. The van der Waals surface area contributed by atoms with E-state index in [1.165, 1.54) is 0 Å². The lowest BCUT2D eigenvalue weighted by molar-refractivity contribution is -0.135. The molecule has 0 unspecified atom stereocenters. The van der Waals surface area contributed by atoms with Gasteiger partial charge in [-0.2, -0.15) is 0 Å². The van der Waals surface area contributed by atoms with Gasteiger partial charge in [0.15, 0.2) is 0 Å². The molecule has 1 aromatic rings. The second-order valence-corrected chi connectivity index (χ2v) is 6.92. The fourth-order valence-electron chi connectivity index (χ4n) is 2.98. The van der Waals surface area contributed by atoms with E-state index >= 15 is 0 Å². The Morgan fingerprint density at radius 2 is 2.04 bits per heavy atom.